The highest BCUT2D eigenvalue weighted by Gasteiger charge is 2.38. The van der Waals surface area contributed by atoms with E-state index in [0.29, 0.717) is 11.3 Å². The maximum atomic E-state index is 11.9. The summed E-state index contributed by atoms with van der Waals surface area (Å²) in [5, 5.41) is 3.67. The second-order valence-corrected chi connectivity index (χ2v) is 6.29. The van der Waals surface area contributed by atoms with E-state index in [1.165, 1.54) is 26.1 Å². The summed E-state index contributed by atoms with van der Waals surface area (Å²) in [6, 6.07) is 4.90. The number of hydrogen-bond acceptors (Lipinski definition) is 7. The number of ether oxygens (including phenoxy) is 2. The molecule has 3 rings (SSSR count). The van der Waals surface area contributed by atoms with Gasteiger partial charge in [-0.3, -0.25) is 0 Å². The molecular weight excluding hydrogens is 326 g/mol. The van der Waals surface area contributed by atoms with Crippen molar-refractivity contribution >= 4 is 28.6 Å². The fraction of sp³-hybridized carbons (Fsp3) is 0.278. The highest BCUT2D eigenvalue weighted by molar-refractivity contribution is 6.15. The van der Waals surface area contributed by atoms with E-state index < -0.39 is 23.4 Å². The van der Waals surface area contributed by atoms with Gasteiger partial charge in [0.15, 0.2) is 5.57 Å². The molecule has 1 aliphatic rings. The standard InChI is InChI=1S/C18H17NO6/c1-9-6-15(20)23-14-5-10(2)13(7-11(9)14)19-8-12-16(21)24-18(3,4)25-17(12)22/h5-8,19H,1-4H3. The van der Waals surface area contributed by atoms with Crippen LogP contribution in [-0.2, 0) is 19.1 Å². The number of esters is 2. The number of hydrogen-bond donors (Lipinski definition) is 1. The van der Waals surface area contributed by atoms with Gasteiger partial charge in [-0.1, -0.05) is 0 Å². The summed E-state index contributed by atoms with van der Waals surface area (Å²) in [5.41, 5.74) is 2.02. The maximum Gasteiger partial charge on any atom is 0.350 e. The average molecular weight is 343 g/mol. The fourth-order valence-electron chi connectivity index (χ4n) is 2.55. The Bertz CT molecular complexity index is 961. The molecular formula is C18H17NO6. The molecule has 0 radical (unpaired) electrons. The van der Waals surface area contributed by atoms with E-state index >= 15 is 0 Å². The molecule has 1 fully saturated rings. The molecule has 7 nitrogen and oxygen atoms in total. The van der Waals surface area contributed by atoms with Gasteiger partial charge in [-0.2, -0.15) is 0 Å². The minimum atomic E-state index is -1.28. The highest BCUT2D eigenvalue weighted by atomic mass is 16.7. The Labute approximate surface area is 143 Å². The summed E-state index contributed by atoms with van der Waals surface area (Å²) in [5.74, 6) is -2.79. The Morgan fingerprint density at radius 2 is 1.60 bits per heavy atom. The number of fused-ring (bicyclic) bond motifs is 1. The molecule has 0 unspecified atom stereocenters. The summed E-state index contributed by atoms with van der Waals surface area (Å²) < 4.78 is 15.3. The van der Waals surface area contributed by atoms with Gasteiger partial charge in [0.25, 0.3) is 5.79 Å². The molecule has 1 aromatic heterocycles. The number of benzene rings is 1. The molecule has 0 aliphatic carbocycles. The van der Waals surface area contributed by atoms with Crippen molar-refractivity contribution in [3.63, 3.8) is 0 Å². The molecule has 130 valence electrons. The molecule has 2 heterocycles. The smallest absolute Gasteiger partial charge is 0.350 e. The van der Waals surface area contributed by atoms with Gasteiger partial charge >= 0.3 is 17.6 Å². The Morgan fingerprint density at radius 3 is 2.24 bits per heavy atom. The van der Waals surface area contributed by atoms with Crippen molar-refractivity contribution in [2.45, 2.75) is 33.5 Å². The Kier molecular flexibility index (Phi) is 3.87. The predicted octanol–water partition coefficient (Wildman–Crippen LogP) is 2.54. The van der Waals surface area contributed by atoms with E-state index in [4.69, 9.17) is 13.9 Å². The highest BCUT2D eigenvalue weighted by Crippen LogP contribution is 2.26. The number of carbonyl (C=O) groups is 2. The fourth-order valence-corrected chi connectivity index (χ4v) is 2.55. The first-order chi connectivity index (χ1) is 11.7. The molecule has 1 aromatic carbocycles. The molecule has 1 aliphatic heterocycles. The Balaban J connectivity index is 1.96. The molecule has 0 bridgehead atoms. The number of aryl methyl sites for hydroxylation is 2. The van der Waals surface area contributed by atoms with Gasteiger partial charge in [0.1, 0.15) is 5.58 Å². The molecule has 0 saturated carbocycles. The van der Waals surface area contributed by atoms with E-state index in [-0.39, 0.29) is 5.57 Å². The van der Waals surface area contributed by atoms with Crippen LogP contribution in [0.25, 0.3) is 11.0 Å². The average Bonchev–Trinajstić information content (AvgIpc) is 2.45. The largest absolute Gasteiger partial charge is 0.423 e. The molecule has 0 amide bonds. The lowest BCUT2D eigenvalue weighted by molar-refractivity contribution is -0.222. The number of rotatable bonds is 2. The van der Waals surface area contributed by atoms with Gasteiger partial charge in [0.05, 0.1) is 0 Å². The molecule has 2 aromatic rings. The van der Waals surface area contributed by atoms with E-state index in [0.717, 1.165) is 16.5 Å². The van der Waals surface area contributed by atoms with Crippen LogP contribution < -0.4 is 10.9 Å². The Hall–Kier alpha value is -3.09. The number of cyclic esters (lactones) is 2. The zero-order valence-electron chi connectivity index (χ0n) is 14.3. The van der Waals surface area contributed by atoms with Crippen molar-refractivity contribution < 1.29 is 23.5 Å². The number of anilines is 1. The molecule has 0 atom stereocenters. The van der Waals surface area contributed by atoms with Crippen LogP contribution in [0.1, 0.15) is 25.0 Å². The van der Waals surface area contributed by atoms with Crippen molar-refractivity contribution in [1.82, 2.24) is 0 Å². The third kappa shape index (κ3) is 3.26. The van der Waals surface area contributed by atoms with Gasteiger partial charge in [0, 0.05) is 37.2 Å². The predicted molar refractivity (Wildman–Crippen MR) is 89.9 cm³/mol. The van der Waals surface area contributed by atoms with Crippen molar-refractivity contribution in [3.8, 4) is 0 Å². The van der Waals surface area contributed by atoms with Crippen LogP contribution in [0.4, 0.5) is 5.69 Å². The van der Waals surface area contributed by atoms with E-state index in [1.54, 1.807) is 19.1 Å². The quantitative estimate of drug-likeness (QED) is 0.387. The zero-order chi connectivity index (χ0) is 18.4. The Morgan fingerprint density at radius 1 is 0.960 bits per heavy atom. The van der Waals surface area contributed by atoms with E-state index in [2.05, 4.69) is 5.32 Å². The SMILES string of the molecule is Cc1cc2oc(=O)cc(C)c2cc1NC=C1C(=O)OC(C)(C)OC1=O. The summed E-state index contributed by atoms with van der Waals surface area (Å²) in [7, 11) is 0. The molecule has 25 heavy (non-hydrogen) atoms. The van der Waals surface area contributed by atoms with Crippen molar-refractivity contribution in [2.24, 2.45) is 0 Å². The van der Waals surface area contributed by atoms with Crippen LogP contribution in [0.3, 0.4) is 0 Å². The summed E-state index contributed by atoms with van der Waals surface area (Å²) in [4.78, 5) is 35.4. The summed E-state index contributed by atoms with van der Waals surface area (Å²) in [6.45, 7) is 6.58. The lowest BCUT2D eigenvalue weighted by Crippen LogP contribution is -2.42. The second-order valence-electron chi connectivity index (χ2n) is 6.29. The van der Waals surface area contributed by atoms with Crippen LogP contribution in [0.5, 0.6) is 0 Å². The minimum Gasteiger partial charge on any atom is -0.423 e. The monoisotopic (exact) mass is 343 g/mol. The molecule has 7 heteroatoms. The summed E-state index contributed by atoms with van der Waals surface area (Å²) in [6.07, 6.45) is 1.25. The van der Waals surface area contributed by atoms with Crippen molar-refractivity contribution in [3.05, 3.63) is 51.5 Å². The van der Waals surface area contributed by atoms with Gasteiger partial charge < -0.3 is 19.2 Å². The zero-order valence-corrected chi connectivity index (χ0v) is 14.3. The summed E-state index contributed by atoms with van der Waals surface area (Å²) >= 11 is 0. The van der Waals surface area contributed by atoms with E-state index in [1.807, 2.05) is 6.92 Å². The van der Waals surface area contributed by atoms with Gasteiger partial charge in [-0.05, 0) is 37.1 Å². The minimum absolute atomic E-state index is 0.227. The van der Waals surface area contributed by atoms with Crippen LogP contribution in [0.15, 0.2) is 39.2 Å². The van der Waals surface area contributed by atoms with Gasteiger partial charge in [-0.25, -0.2) is 14.4 Å². The third-order valence-electron chi connectivity index (χ3n) is 3.79. The molecule has 1 N–H and O–H groups in total. The first-order valence-electron chi connectivity index (χ1n) is 7.65. The van der Waals surface area contributed by atoms with Crippen molar-refractivity contribution in [1.29, 1.82) is 0 Å². The lowest BCUT2D eigenvalue weighted by atomic mass is 10.1. The second kappa shape index (κ2) is 5.77. The van der Waals surface area contributed by atoms with Crippen LogP contribution in [0.2, 0.25) is 0 Å². The topological polar surface area (TPSA) is 94.8 Å². The molecule has 0 spiro atoms. The van der Waals surface area contributed by atoms with Gasteiger partial charge in [0.2, 0.25) is 0 Å². The number of nitrogens with one attached hydrogen (secondary N) is 1. The van der Waals surface area contributed by atoms with E-state index in [9.17, 15) is 14.4 Å². The number of carbonyl (C=O) groups excluding carboxylic acids is 2. The van der Waals surface area contributed by atoms with Gasteiger partial charge in [-0.15, -0.1) is 0 Å². The van der Waals surface area contributed by atoms with Crippen LogP contribution >= 0.6 is 0 Å². The van der Waals surface area contributed by atoms with Crippen molar-refractivity contribution in [2.75, 3.05) is 5.32 Å². The normalized spacial score (nSPS) is 16.4. The van der Waals surface area contributed by atoms with Crippen LogP contribution in [-0.4, -0.2) is 17.7 Å². The third-order valence-corrected chi connectivity index (χ3v) is 3.79. The first-order valence-corrected chi connectivity index (χ1v) is 7.65. The van der Waals surface area contributed by atoms with Crippen LogP contribution in [0, 0.1) is 13.8 Å². The maximum absolute atomic E-state index is 11.9. The lowest BCUT2D eigenvalue weighted by Gasteiger charge is -2.29. The first kappa shape index (κ1) is 16.8. The molecule has 1 saturated heterocycles.